The first kappa shape index (κ1) is 7.92. The molecule has 0 rings (SSSR count). The summed E-state index contributed by atoms with van der Waals surface area (Å²) < 4.78 is 0. The molecule has 0 atom stereocenters. The maximum absolute atomic E-state index is 3.72. The zero-order chi connectivity index (χ0) is 6.24. The van der Waals surface area contributed by atoms with E-state index in [4.69, 9.17) is 0 Å². The minimum absolute atomic E-state index is 1.00. The molecule has 0 unspecified atom stereocenters. The van der Waals surface area contributed by atoms with Crippen LogP contribution in [0.15, 0.2) is 0 Å². The lowest BCUT2D eigenvalue weighted by atomic mass is 10.3. The molecular weight excluding hydrogens is 100 g/mol. The molecule has 0 aromatic carbocycles. The van der Waals surface area contributed by atoms with Gasteiger partial charge >= 0.3 is 0 Å². The van der Waals surface area contributed by atoms with E-state index >= 15 is 0 Å². The Balaban J connectivity index is 2.53. The van der Waals surface area contributed by atoms with Crippen molar-refractivity contribution in [2.75, 3.05) is 19.6 Å². The normalized spacial score (nSPS) is 9.75. The van der Waals surface area contributed by atoms with Crippen molar-refractivity contribution in [3.8, 4) is 0 Å². The van der Waals surface area contributed by atoms with Gasteiger partial charge < -0.3 is 11.1 Å². The Labute approximate surface area is 51.5 Å². The van der Waals surface area contributed by atoms with E-state index in [0.29, 0.717) is 0 Å². The summed E-state index contributed by atoms with van der Waals surface area (Å²) in [6, 6.07) is 0. The fraction of sp³-hybridized carbons (Fsp3) is 1.00. The SMILES string of the molecule is CCCCNCC[NH3+]. The summed E-state index contributed by atoms with van der Waals surface area (Å²) in [7, 11) is 0. The van der Waals surface area contributed by atoms with Crippen LogP contribution in [0, 0.1) is 0 Å². The van der Waals surface area contributed by atoms with Gasteiger partial charge in [-0.25, -0.2) is 0 Å². The maximum atomic E-state index is 3.72. The Hall–Kier alpha value is -0.0800. The van der Waals surface area contributed by atoms with Crippen LogP contribution in [0.1, 0.15) is 19.8 Å². The van der Waals surface area contributed by atoms with Gasteiger partial charge in [0.1, 0.15) is 0 Å². The van der Waals surface area contributed by atoms with Crippen molar-refractivity contribution in [2.45, 2.75) is 19.8 Å². The third-order valence-electron chi connectivity index (χ3n) is 1.06. The number of hydrogen-bond acceptors (Lipinski definition) is 1. The summed E-state index contributed by atoms with van der Waals surface area (Å²) in [5.41, 5.74) is 3.72. The van der Waals surface area contributed by atoms with Crippen LogP contribution >= 0.6 is 0 Å². The quantitative estimate of drug-likeness (QED) is 0.473. The van der Waals surface area contributed by atoms with Gasteiger partial charge in [0.15, 0.2) is 0 Å². The molecule has 0 aliphatic rings. The van der Waals surface area contributed by atoms with E-state index in [1.54, 1.807) is 0 Å². The Kier molecular flexibility index (Phi) is 6.85. The van der Waals surface area contributed by atoms with Gasteiger partial charge in [0.2, 0.25) is 0 Å². The Morgan fingerprint density at radius 1 is 1.38 bits per heavy atom. The number of quaternary nitrogens is 1. The lowest BCUT2D eigenvalue weighted by Gasteiger charge is -1.96. The molecule has 0 bridgehead atoms. The molecule has 2 heteroatoms. The Morgan fingerprint density at radius 3 is 2.62 bits per heavy atom. The van der Waals surface area contributed by atoms with Crippen LogP contribution in [0.4, 0.5) is 0 Å². The van der Waals surface area contributed by atoms with Gasteiger partial charge in [-0.2, -0.15) is 0 Å². The van der Waals surface area contributed by atoms with Crippen molar-refractivity contribution >= 4 is 0 Å². The summed E-state index contributed by atoms with van der Waals surface area (Å²) in [4.78, 5) is 0. The lowest BCUT2D eigenvalue weighted by molar-refractivity contribution is -0.365. The highest BCUT2D eigenvalue weighted by atomic mass is 14.9. The second kappa shape index (κ2) is 6.92. The largest absolute Gasteiger partial charge is 0.357 e. The molecule has 0 radical (unpaired) electrons. The van der Waals surface area contributed by atoms with E-state index in [0.717, 1.165) is 19.6 Å². The smallest absolute Gasteiger partial charge is 0.0866 e. The highest BCUT2D eigenvalue weighted by Gasteiger charge is 1.82. The minimum atomic E-state index is 1.00. The standard InChI is InChI=1S/C6H16N2/c1-2-3-5-8-6-4-7/h8H,2-7H2,1H3/p+1. The Morgan fingerprint density at radius 2 is 2.12 bits per heavy atom. The molecule has 0 amide bonds. The van der Waals surface area contributed by atoms with Gasteiger partial charge in [0.25, 0.3) is 0 Å². The molecule has 0 fully saturated rings. The predicted octanol–water partition coefficient (Wildman–Crippen LogP) is -0.382. The molecular formula is C6H17N2+. The third kappa shape index (κ3) is 5.92. The van der Waals surface area contributed by atoms with Crippen LogP contribution in [0.2, 0.25) is 0 Å². The molecule has 8 heavy (non-hydrogen) atoms. The van der Waals surface area contributed by atoms with Crippen molar-refractivity contribution in [1.29, 1.82) is 0 Å². The number of unbranched alkanes of at least 4 members (excludes halogenated alkanes) is 1. The van der Waals surface area contributed by atoms with Crippen LogP contribution in [0.3, 0.4) is 0 Å². The molecule has 0 aliphatic heterocycles. The molecule has 0 spiro atoms. The van der Waals surface area contributed by atoms with Gasteiger partial charge in [-0.15, -0.1) is 0 Å². The van der Waals surface area contributed by atoms with Crippen LogP contribution in [0.5, 0.6) is 0 Å². The van der Waals surface area contributed by atoms with Gasteiger partial charge in [0.05, 0.1) is 6.54 Å². The summed E-state index contributed by atoms with van der Waals surface area (Å²) in [5.74, 6) is 0. The highest BCUT2D eigenvalue weighted by Crippen LogP contribution is 1.80. The van der Waals surface area contributed by atoms with Gasteiger partial charge in [0, 0.05) is 6.54 Å². The van der Waals surface area contributed by atoms with E-state index in [1.807, 2.05) is 0 Å². The van der Waals surface area contributed by atoms with E-state index in [9.17, 15) is 0 Å². The zero-order valence-electron chi connectivity index (χ0n) is 5.74. The molecule has 0 aromatic rings. The summed E-state index contributed by atoms with van der Waals surface area (Å²) in [6.07, 6.45) is 2.57. The van der Waals surface area contributed by atoms with E-state index in [2.05, 4.69) is 18.0 Å². The summed E-state index contributed by atoms with van der Waals surface area (Å²) >= 11 is 0. The molecule has 0 saturated heterocycles. The van der Waals surface area contributed by atoms with Crippen LogP contribution in [-0.2, 0) is 0 Å². The minimum Gasteiger partial charge on any atom is -0.357 e. The average Bonchev–Trinajstić information content (AvgIpc) is 1.81. The van der Waals surface area contributed by atoms with Crippen LogP contribution < -0.4 is 11.1 Å². The van der Waals surface area contributed by atoms with Gasteiger partial charge in [-0.1, -0.05) is 13.3 Å². The molecule has 0 heterocycles. The first-order chi connectivity index (χ1) is 3.91. The van der Waals surface area contributed by atoms with Crippen molar-refractivity contribution < 1.29 is 5.73 Å². The van der Waals surface area contributed by atoms with Gasteiger partial charge in [-0.05, 0) is 13.0 Å². The lowest BCUT2D eigenvalue weighted by Crippen LogP contribution is -2.54. The predicted molar refractivity (Wildman–Crippen MR) is 35.5 cm³/mol. The molecule has 0 saturated carbocycles. The van der Waals surface area contributed by atoms with E-state index in [-0.39, 0.29) is 0 Å². The topological polar surface area (TPSA) is 39.7 Å². The van der Waals surface area contributed by atoms with Crippen molar-refractivity contribution in [3.63, 3.8) is 0 Å². The molecule has 0 aliphatic carbocycles. The molecule has 4 N–H and O–H groups in total. The second-order valence-electron chi connectivity index (χ2n) is 1.96. The van der Waals surface area contributed by atoms with Crippen molar-refractivity contribution in [3.05, 3.63) is 0 Å². The summed E-state index contributed by atoms with van der Waals surface area (Å²) in [6.45, 7) is 5.43. The highest BCUT2D eigenvalue weighted by molar-refractivity contribution is 4.42. The maximum Gasteiger partial charge on any atom is 0.0866 e. The number of rotatable bonds is 5. The molecule has 0 aromatic heterocycles. The van der Waals surface area contributed by atoms with E-state index < -0.39 is 0 Å². The second-order valence-corrected chi connectivity index (χ2v) is 1.96. The molecule has 2 nitrogen and oxygen atoms in total. The number of nitrogens with one attached hydrogen (secondary N) is 1. The Bertz CT molecular complexity index is 31.5. The molecule has 50 valence electrons. The summed E-state index contributed by atoms with van der Waals surface area (Å²) in [5, 5.41) is 3.27. The third-order valence-corrected chi connectivity index (χ3v) is 1.06. The van der Waals surface area contributed by atoms with Gasteiger partial charge in [-0.3, -0.25) is 0 Å². The zero-order valence-corrected chi connectivity index (χ0v) is 5.74. The fourth-order valence-corrected chi connectivity index (χ4v) is 0.552. The van der Waals surface area contributed by atoms with Crippen LogP contribution in [-0.4, -0.2) is 19.6 Å². The average molecular weight is 117 g/mol. The van der Waals surface area contributed by atoms with Crippen molar-refractivity contribution in [2.24, 2.45) is 0 Å². The fourth-order valence-electron chi connectivity index (χ4n) is 0.552. The van der Waals surface area contributed by atoms with Crippen molar-refractivity contribution in [1.82, 2.24) is 5.32 Å². The van der Waals surface area contributed by atoms with E-state index in [1.165, 1.54) is 12.8 Å². The number of hydrogen-bond donors (Lipinski definition) is 2. The monoisotopic (exact) mass is 117 g/mol. The van der Waals surface area contributed by atoms with Crippen LogP contribution in [0.25, 0.3) is 0 Å². The first-order valence-electron chi connectivity index (χ1n) is 3.41. The first-order valence-corrected chi connectivity index (χ1v) is 3.41.